The highest BCUT2D eigenvalue weighted by Gasteiger charge is 2.33. The molecule has 35 heavy (non-hydrogen) atoms. The van der Waals surface area contributed by atoms with Gasteiger partial charge in [-0.2, -0.15) is 0 Å². The Labute approximate surface area is 208 Å². The third-order valence-corrected chi connectivity index (χ3v) is 6.96. The molecule has 8 heteroatoms. The fraction of sp³-hybridized carbons (Fsp3) is 0.296. The zero-order valence-corrected chi connectivity index (χ0v) is 21.6. The molecule has 0 N–H and O–H groups in total. The van der Waals surface area contributed by atoms with E-state index in [9.17, 15) is 9.59 Å². The van der Waals surface area contributed by atoms with Crippen LogP contribution >= 0.6 is 11.3 Å². The summed E-state index contributed by atoms with van der Waals surface area (Å²) in [5.41, 5.74) is 4.43. The highest BCUT2D eigenvalue weighted by Crippen LogP contribution is 2.31. The van der Waals surface area contributed by atoms with Gasteiger partial charge in [0.2, 0.25) is 0 Å². The van der Waals surface area contributed by atoms with Gasteiger partial charge in [-0.1, -0.05) is 35.6 Å². The average Bonchev–Trinajstić information content (AvgIpc) is 3.13. The second-order valence-electron chi connectivity index (χ2n) is 8.52. The van der Waals surface area contributed by atoms with Gasteiger partial charge in [-0.25, -0.2) is 9.79 Å². The Morgan fingerprint density at radius 1 is 1.17 bits per heavy atom. The third-order valence-electron chi connectivity index (χ3n) is 5.97. The van der Waals surface area contributed by atoms with Gasteiger partial charge in [0.25, 0.3) is 5.56 Å². The standard InChI is InChI=1S/C27H29N3O4S/c1-7-34-26(32)23-17(3)28-27-30(24(23)19-10-12-20(13-11-19)29(4)5)25(31)22(35-27)15-18-9-8-16(2)21(14-18)33-6/h8-15,24H,7H2,1-6H3. The van der Waals surface area contributed by atoms with Gasteiger partial charge >= 0.3 is 5.97 Å². The molecule has 0 radical (unpaired) electrons. The van der Waals surface area contributed by atoms with Crippen LogP contribution in [0, 0.1) is 6.92 Å². The van der Waals surface area contributed by atoms with Crippen molar-refractivity contribution in [1.29, 1.82) is 0 Å². The van der Waals surface area contributed by atoms with Crippen LogP contribution in [0.4, 0.5) is 5.69 Å². The maximum atomic E-state index is 13.7. The van der Waals surface area contributed by atoms with Crippen molar-refractivity contribution in [1.82, 2.24) is 4.57 Å². The molecule has 3 aromatic rings. The van der Waals surface area contributed by atoms with Crippen molar-refractivity contribution in [2.24, 2.45) is 4.99 Å². The molecular weight excluding hydrogens is 462 g/mol. The Kier molecular flexibility index (Phi) is 6.93. The molecule has 1 atom stereocenters. The van der Waals surface area contributed by atoms with Gasteiger partial charge in [0.15, 0.2) is 4.80 Å². The largest absolute Gasteiger partial charge is 0.496 e. The zero-order chi connectivity index (χ0) is 25.3. The predicted octanol–water partition coefficient (Wildman–Crippen LogP) is 3.18. The summed E-state index contributed by atoms with van der Waals surface area (Å²) in [5, 5.41) is 0. The zero-order valence-electron chi connectivity index (χ0n) is 20.8. The molecule has 0 aliphatic carbocycles. The minimum Gasteiger partial charge on any atom is -0.496 e. The molecule has 2 heterocycles. The van der Waals surface area contributed by atoms with Crippen LogP contribution in [0.3, 0.4) is 0 Å². The molecule has 0 spiro atoms. The lowest BCUT2D eigenvalue weighted by Crippen LogP contribution is -2.39. The van der Waals surface area contributed by atoms with Gasteiger partial charge in [0.1, 0.15) is 5.75 Å². The van der Waals surface area contributed by atoms with Crippen LogP contribution in [-0.4, -0.2) is 38.3 Å². The lowest BCUT2D eigenvalue weighted by Gasteiger charge is -2.25. The molecule has 7 nitrogen and oxygen atoms in total. The number of methoxy groups -OCH3 is 1. The molecule has 0 bridgehead atoms. The maximum absolute atomic E-state index is 13.7. The first-order valence-electron chi connectivity index (χ1n) is 11.4. The van der Waals surface area contributed by atoms with E-state index >= 15 is 0 Å². The molecule has 1 aromatic heterocycles. The van der Waals surface area contributed by atoms with E-state index < -0.39 is 12.0 Å². The fourth-order valence-corrected chi connectivity index (χ4v) is 5.19. The summed E-state index contributed by atoms with van der Waals surface area (Å²) in [7, 11) is 5.56. The van der Waals surface area contributed by atoms with Gasteiger partial charge in [-0.3, -0.25) is 9.36 Å². The molecule has 4 rings (SSSR count). The van der Waals surface area contributed by atoms with Crippen LogP contribution in [0.1, 0.15) is 36.6 Å². The van der Waals surface area contributed by atoms with Crippen molar-refractivity contribution in [3.63, 3.8) is 0 Å². The molecule has 1 aliphatic heterocycles. The Morgan fingerprint density at radius 3 is 2.51 bits per heavy atom. The van der Waals surface area contributed by atoms with Crippen LogP contribution in [0.2, 0.25) is 0 Å². The minimum absolute atomic E-state index is 0.204. The van der Waals surface area contributed by atoms with E-state index in [-0.39, 0.29) is 12.2 Å². The summed E-state index contributed by atoms with van der Waals surface area (Å²) >= 11 is 1.30. The van der Waals surface area contributed by atoms with Crippen LogP contribution in [0.25, 0.3) is 6.08 Å². The van der Waals surface area contributed by atoms with E-state index in [1.807, 2.05) is 74.5 Å². The van der Waals surface area contributed by atoms with E-state index in [4.69, 9.17) is 9.47 Å². The molecule has 2 aromatic carbocycles. The number of carbonyl (C=O) groups excluding carboxylic acids is 1. The van der Waals surface area contributed by atoms with Gasteiger partial charge < -0.3 is 14.4 Å². The number of rotatable bonds is 6. The minimum atomic E-state index is -0.629. The average molecular weight is 492 g/mol. The monoisotopic (exact) mass is 491 g/mol. The number of benzene rings is 2. The van der Waals surface area contributed by atoms with Crippen LogP contribution < -0.4 is 24.5 Å². The van der Waals surface area contributed by atoms with Crippen LogP contribution in [-0.2, 0) is 9.53 Å². The van der Waals surface area contributed by atoms with E-state index in [1.54, 1.807) is 25.5 Å². The number of carbonyl (C=O) groups is 1. The van der Waals surface area contributed by atoms with Gasteiger partial charge in [0, 0.05) is 19.8 Å². The van der Waals surface area contributed by atoms with Gasteiger partial charge in [0.05, 0.1) is 35.6 Å². The number of allylic oxidation sites excluding steroid dienone is 1. The smallest absolute Gasteiger partial charge is 0.338 e. The molecule has 0 saturated heterocycles. The second-order valence-corrected chi connectivity index (χ2v) is 9.53. The van der Waals surface area contributed by atoms with Crippen molar-refractivity contribution < 1.29 is 14.3 Å². The second kappa shape index (κ2) is 9.92. The number of ether oxygens (including phenoxy) is 2. The number of hydrogen-bond donors (Lipinski definition) is 0. The summed E-state index contributed by atoms with van der Waals surface area (Å²) in [6, 6.07) is 13.0. The lowest BCUT2D eigenvalue weighted by atomic mass is 9.95. The quantitative estimate of drug-likeness (QED) is 0.495. The Balaban J connectivity index is 1.92. The first-order chi connectivity index (χ1) is 16.7. The van der Waals surface area contributed by atoms with E-state index in [1.165, 1.54) is 11.3 Å². The predicted molar refractivity (Wildman–Crippen MR) is 139 cm³/mol. The number of aryl methyl sites for hydroxylation is 1. The van der Waals surface area contributed by atoms with Crippen LogP contribution in [0.5, 0.6) is 5.75 Å². The molecular formula is C27H29N3O4S. The summed E-state index contributed by atoms with van der Waals surface area (Å²) in [6.07, 6.45) is 1.83. The van der Waals surface area contributed by atoms with Crippen LogP contribution in [0.15, 0.2) is 63.5 Å². The number of esters is 1. The van der Waals surface area contributed by atoms with Crippen molar-refractivity contribution >= 4 is 29.1 Å². The number of anilines is 1. The van der Waals surface area contributed by atoms with Crippen molar-refractivity contribution in [2.45, 2.75) is 26.8 Å². The first kappa shape index (κ1) is 24.5. The maximum Gasteiger partial charge on any atom is 0.338 e. The topological polar surface area (TPSA) is 73.1 Å². The molecule has 182 valence electrons. The van der Waals surface area contributed by atoms with E-state index in [2.05, 4.69) is 4.99 Å². The molecule has 1 unspecified atom stereocenters. The third kappa shape index (κ3) is 4.66. The highest BCUT2D eigenvalue weighted by atomic mass is 32.1. The van der Waals surface area contributed by atoms with Gasteiger partial charge in [-0.05, 0) is 61.7 Å². The summed E-state index contributed by atoms with van der Waals surface area (Å²) in [5.74, 6) is 0.291. The van der Waals surface area contributed by atoms with Crippen molar-refractivity contribution in [3.8, 4) is 5.75 Å². The number of thiazole rings is 1. The van der Waals surface area contributed by atoms with Gasteiger partial charge in [-0.15, -0.1) is 0 Å². The van der Waals surface area contributed by atoms with Crippen molar-refractivity contribution in [2.75, 3.05) is 32.7 Å². The normalized spacial score (nSPS) is 15.5. The number of hydrogen-bond acceptors (Lipinski definition) is 7. The lowest BCUT2D eigenvalue weighted by molar-refractivity contribution is -0.139. The number of nitrogens with zero attached hydrogens (tertiary/aromatic N) is 3. The highest BCUT2D eigenvalue weighted by molar-refractivity contribution is 7.07. The SMILES string of the molecule is CCOC(=O)C1=C(C)N=c2sc(=Cc3ccc(C)c(OC)c3)c(=O)n2C1c1ccc(N(C)C)cc1. The summed E-state index contributed by atoms with van der Waals surface area (Å²) in [4.78, 5) is 33.9. The molecule has 0 amide bonds. The molecule has 0 saturated carbocycles. The van der Waals surface area contributed by atoms with E-state index in [0.717, 1.165) is 28.1 Å². The number of aromatic nitrogens is 1. The van der Waals surface area contributed by atoms with E-state index in [0.29, 0.717) is 20.6 Å². The number of fused-ring (bicyclic) bond motifs is 1. The molecule has 1 aliphatic rings. The Hall–Kier alpha value is -3.65. The Bertz CT molecular complexity index is 1480. The molecule has 0 fully saturated rings. The Morgan fingerprint density at radius 2 is 1.89 bits per heavy atom. The first-order valence-corrected chi connectivity index (χ1v) is 12.2. The van der Waals surface area contributed by atoms with Crippen molar-refractivity contribution in [3.05, 3.63) is 90.1 Å². The summed E-state index contributed by atoms with van der Waals surface area (Å²) < 4.78 is 12.9. The summed E-state index contributed by atoms with van der Waals surface area (Å²) in [6.45, 7) is 5.76. The fourth-order valence-electron chi connectivity index (χ4n) is 4.14.